The van der Waals surface area contributed by atoms with Crippen LogP contribution in [0.1, 0.15) is 18.3 Å². The molecule has 1 aromatic carbocycles. The summed E-state index contributed by atoms with van der Waals surface area (Å²) in [6, 6.07) is 2.30. The van der Waals surface area contributed by atoms with Crippen molar-refractivity contribution >= 4 is 31.6 Å². The monoisotopic (exact) mass is 478 g/mol. The highest BCUT2D eigenvalue weighted by molar-refractivity contribution is 9.10. The maximum Gasteiger partial charge on any atom is 0.446 e. The van der Waals surface area contributed by atoms with Gasteiger partial charge in [0, 0.05) is 11.5 Å². The van der Waals surface area contributed by atoms with E-state index in [2.05, 4.69) is 40.6 Å². The third kappa shape index (κ3) is 3.58. The van der Waals surface area contributed by atoms with Gasteiger partial charge >= 0.3 is 5.76 Å². The lowest BCUT2D eigenvalue weighted by atomic mass is 10.1. The van der Waals surface area contributed by atoms with E-state index in [1.165, 1.54) is 12.1 Å². The maximum absolute atomic E-state index is 13.6. The van der Waals surface area contributed by atoms with E-state index in [4.69, 9.17) is 6.89 Å². The molecule has 10 nitrogen and oxygen atoms in total. The van der Waals surface area contributed by atoms with Crippen LogP contribution < -0.4 is 11.1 Å². The topological polar surface area (TPSA) is 133 Å². The zero-order valence-electron chi connectivity index (χ0n) is 18.7. The molecule has 0 atom stereocenters. The molecule has 0 radical (unpaired) electrons. The minimum absolute atomic E-state index is 0.0348. The summed E-state index contributed by atoms with van der Waals surface area (Å²) in [5.41, 5.74) is -6.09. The van der Waals surface area contributed by atoms with Gasteiger partial charge in [-0.05, 0) is 57.3 Å². The smallest absolute Gasteiger partial charge is 0.362 e. The molecule has 1 aliphatic heterocycles. The zero-order valence-corrected chi connectivity index (χ0v) is 16.1. The first-order valence-corrected chi connectivity index (χ1v) is 9.94. The number of nitrogens with zero attached hydrogens (tertiary/aromatic N) is 4. The molecule has 148 valence electrons. The van der Waals surface area contributed by atoms with Gasteiger partial charge in [0.15, 0.2) is 7.11 Å². The summed E-state index contributed by atoms with van der Waals surface area (Å²) in [4.78, 5) is 12.3. The van der Waals surface area contributed by atoms with E-state index in [0.717, 1.165) is 10.6 Å². The van der Waals surface area contributed by atoms with Crippen molar-refractivity contribution in [3.8, 4) is 17.2 Å². The van der Waals surface area contributed by atoms with Crippen LogP contribution in [0.5, 0.6) is 0 Å². The molecule has 0 aliphatic carbocycles. The van der Waals surface area contributed by atoms with Gasteiger partial charge in [-0.1, -0.05) is 5.16 Å². The minimum Gasteiger partial charge on any atom is -0.362 e. The lowest BCUT2D eigenvalue weighted by Crippen LogP contribution is -2.32. The van der Waals surface area contributed by atoms with Crippen molar-refractivity contribution in [1.82, 2.24) is 20.0 Å². The Morgan fingerprint density at radius 1 is 1.32 bits per heavy atom. The first-order chi connectivity index (χ1) is 15.3. The number of benzene rings is 1. The fourth-order valence-electron chi connectivity index (χ4n) is 2.46. The lowest BCUT2D eigenvalue weighted by Gasteiger charge is -2.22. The maximum atomic E-state index is 13.6. The quantitative estimate of drug-likeness (QED) is 0.594. The van der Waals surface area contributed by atoms with Gasteiger partial charge in [-0.3, -0.25) is 4.52 Å². The molecule has 1 N–H and O–H groups in total. The molecule has 0 amide bonds. The number of anilines is 1. The van der Waals surface area contributed by atoms with Crippen LogP contribution in [0.2, 0.25) is 1.41 Å². The van der Waals surface area contributed by atoms with Gasteiger partial charge < -0.3 is 5.31 Å². The van der Waals surface area contributed by atoms with E-state index >= 15 is 0 Å². The molecule has 0 spiro atoms. The highest BCUT2D eigenvalue weighted by atomic mass is 79.9. The summed E-state index contributed by atoms with van der Waals surface area (Å²) in [6.07, 6.45) is -1.47. The van der Waals surface area contributed by atoms with E-state index < -0.39 is 57.5 Å². The largest absolute Gasteiger partial charge is 0.446 e. The molecule has 0 saturated carbocycles. The van der Waals surface area contributed by atoms with Crippen molar-refractivity contribution in [1.29, 1.82) is 0 Å². The summed E-state index contributed by atoms with van der Waals surface area (Å²) < 4.78 is 87.9. The second kappa shape index (κ2) is 7.13. The number of nitrogens with one attached hydrogen (secondary N) is 1. The van der Waals surface area contributed by atoms with Gasteiger partial charge in [0.1, 0.15) is 15.7 Å². The Labute approximate surface area is 172 Å². The van der Waals surface area contributed by atoms with Crippen LogP contribution in [0.15, 0.2) is 36.6 Å². The summed E-state index contributed by atoms with van der Waals surface area (Å²) in [5, 5.41) is 11.3. The Balaban J connectivity index is 1.76. The molecular formula is C15H13BrFN5O5S. The van der Waals surface area contributed by atoms with Gasteiger partial charge in [-0.2, -0.15) is 0 Å². The highest BCUT2D eigenvalue weighted by Gasteiger charge is 2.28. The Hall–Kier alpha value is -2.54. The van der Waals surface area contributed by atoms with Crippen LogP contribution in [0.25, 0.3) is 17.2 Å². The summed E-state index contributed by atoms with van der Waals surface area (Å²) in [6.45, 7) is 0. The van der Waals surface area contributed by atoms with Gasteiger partial charge in [0.2, 0.25) is 11.6 Å². The molecular weight excluding hydrogens is 461 g/mol. The number of sulfone groups is 1. The van der Waals surface area contributed by atoms with E-state index in [-0.39, 0.29) is 21.7 Å². The van der Waals surface area contributed by atoms with Crippen molar-refractivity contribution in [3.63, 3.8) is 0 Å². The number of hydrogen-bond acceptors (Lipinski definition) is 9. The van der Waals surface area contributed by atoms with Crippen molar-refractivity contribution in [2.75, 3.05) is 16.7 Å². The van der Waals surface area contributed by atoms with E-state index in [1.807, 2.05) is 0 Å². The molecule has 0 unspecified atom stereocenters. The number of aromatic nitrogens is 4. The zero-order chi connectivity index (χ0) is 24.3. The third-order valence-corrected chi connectivity index (χ3v) is 5.47. The van der Waals surface area contributed by atoms with Gasteiger partial charge in [0.05, 0.1) is 21.6 Å². The second-order valence-electron chi connectivity index (χ2n) is 5.63. The van der Waals surface area contributed by atoms with Crippen LogP contribution in [-0.2, 0) is 9.84 Å². The Kier molecular flexibility index (Phi) is 3.46. The molecule has 1 fully saturated rings. The lowest BCUT2D eigenvalue weighted by molar-refractivity contribution is 0.309. The van der Waals surface area contributed by atoms with E-state index in [9.17, 15) is 17.6 Å². The van der Waals surface area contributed by atoms with E-state index in [1.54, 1.807) is 0 Å². The fourth-order valence-corrected chi connectivity index (χ4v) is 3.75. The van der Waals surface area contributed by atoms with Crippen LogP contribution in [0.4, 0.5) is 10.2 Å². The second-order valence-corrected chi connectivity index (χ2v) is 8.06. The van der Waals surface area contributed by atoms with Crippen LogP contribution in [0, 0.1) is 5.82 Å². The van der Waals surface area contributed by atoms with Crippen molar-refractivity contribution in [3.05, 3.63) is 39.0 Å². The molecule has 1 aliphatic rings. The number of halogens is 2. The first-order valence-electron chi connectivity index (χ1n) is 10.1. The molecule has 3 aromatic rings. The van der Waals surface area contributed by atoms with Crippen LogP contribution in [0.3, 0.4) is 0 Å². The minimum atomic E-state index is -4.79. The van der Waals surface area contributed by atoms with Gasteiger partial charge in [-0.25, -0.2) is 26.8 Å². The SMILES string of the molecule is [2H]N(c1nonc1-c1noc(=O)n1-c1ccc(F)c(Br)c1)C1CC([2H])([2H])S(=O)(=O)C([2H])([2H])C1. The predicted octanol–water partition coefficient (Wildman–Crippen LogP) is 1.77. The molecule has 2 aromatic heterocycles. The van der Waals surface area contributed by atoms with Crippen LogP contribution in [-0.4, -0.2) is 45.9 Å². The first kappa shape index (κ1) is 13.6. The Bertz CT molecular complexity index is 1370. The molecule has 13 heteroatoms. The van der Waals surface area contributed by atoms with Crippen LogP contribution >= 0.6 is 15.9 Å². The summed E-state index contributed by atoms with van der Waals surface area (Å²) >= 11 is 3.00. The molecule has 4 rings (SSSR count). The Morgan fingerprint density at radius 2 is 2.07 bits per heavy atom. The molecule has 28 heavy (non-hydrogen) atoms. The highest BCUT2D eigenvalue weighted by Crippen LogP contribution is 2.27. The number of hydrogen-bond donors (Lipinski definition) is 1. The Morgan fingerprint density at radius 3 is 2.79 bits per heavy atom. The van der Waals surface area contributed by atoms with Gasteiger partial charge in [-0.15, -0.1) is 0 Å². The normalized spacial score (nSPS) is 23.1. The fraction of sp³-hybridized carbons (Fsp3) is 0.333. The average Bonchev–Trinajstić information content (AvgIpc) is 3.34. The molecule has 0 bridgehead atoms. The van der Waals surface area contributed by atoms with Crippen molar-refractivity contribution in [2.24, 2.45) is 0 Å². The predicted molar refractivity (Wildman–Crippen MR) is 98.3 cm³/mol. The molecule has 1 saturated heterocycles. The summed E-state index contributed by atoms with van der Waals surface area (Å²) in [5.74, 6) is -2.26. The van der Waals surface area contributed by atoms with Crippen molar-refractivity contribution in [2.45, 2.75) is 18.9 Å². The standard InChI is InChI=1S/C15H13BrFN5O5S/c16-10-7-9(1-2-11(10)17)22-14(21-26-15(22)23)12-13(20-27-19-12)18-8-3-5-28(24,25)6-4-8/h1-2,7-8H,3-6H2,(H,18,20)/i5D2,6D2/hD. The number of rotatable bonds is 4. The average molecular weight is 479 g/mol. The van der Waals surface area contributed by atoms with Gasteiger partial charge in [0.25, 0.3) is 0 Å². The summed E-state index contributed by atoms with van der Waals surface area (Å²) in [7, 11) is -4.79. The molecule has 3 heterocycles. The third-order valence-electron chi connectivity index (χ3n) is 3.77. The van der Waals surface area contributed by atoms with Crippen molar-refractivity contribution < 1.29 is 28.9 Å². The van der Waals surface area contributed by atoms with E-state index in [0.29, 0.717) is 5.31 Å².